The molecule has 1 fully saturated rings. The van der Waals surface area contributed by atoms with E-state index in [2.05, 4.69) is 5.32 Å². The van der Waals surface area contributed by atoms with Gasteiger partial charge in [-0.2, -0.15) is 0 Å². The molecular formula is C26H24FN3O3. The fourth-order valence-electron chi connectivity index (χ4n) is 3.54. The van der Waals surface area contributed by atoms with Crippen molar-refractivity contribution in [3.05, 3.63) is 96.3 Å². The van der Waals surface area contributed by atoms with Crippen LogP contribution >= 0.6 is 0 Å². The maximum absolute atomic E-state index is 14.8. The Morgan fingerprint density at radius 2 is 1.55 bits per heavy atom. The van der Waals surface area contributed by atoms with Gasteiger partial charge >= 0.3 is 6.09 Å². The lowest BCUT2D eigenvalue weighted by atomic mass is 10.2. The van der Waals surface area contributed by atoms with E-state index in [9.17, 15) is 14.0 Å². The fraction of sp³-hybridized carbons (Fsp3) is 0.154. The minimum absolute atomic E-state index is 0.337. The van der Waals surface area contributed by atoms with Crippen LogP contribution in [0.5, 0.6) is 5.75 Å². The molecule has 6 nitrogen and oxygen atoms in total. The molecule has 168 valence electrons. The minimum Gasteiger partial charge on any atom is -0.410 e. The molecule has 0 saturated carbocycles. The minimum atomic E-state index is -0.430. The molecule has 2 amide bonds. The highest BCUT2D eigenvalue weighted by Crippen LogP contribution is 2.24. The molecule has 3 aromatic carbocycles. The summed E-state index contributed by atoms with van der Waals surface area (Å²) in [4.78, 5) is 28.0. The maximum Gasteiger partial charge on any atom is 0.415 e. The molecule has 1 aliphatic heterocycles. The first-order valence-electron chi connectivity index (χ1n) is 10.7. The highest BCUT2D eigenvalue weighted by atomic mass is 19.1. The molecule has 1 heterocycles. The van der Waals surface area contributed by atoms with Crippen molar-refractivity contribution in [3.63, 3.8) is 0 Å². The van der Waals surface area contributed by atoms with Crippen molar-refractivity contribution in [3.8, 4) is 5.75 Å². The van der Waals surface area contributed by atoms with Crippen LogP contribution in [0.2, 0.25) is 0 Å². The van der Waals surface area contributed by atoms with E-state index in [4.69, 9.17) is 4.74 Å². The van der Waals surface area contributed by atoms with Gasteiger partial charge in [-0.3, -0.25) is 4.79 Å². The number of carbonyl (C=O) groups is 2. The van der Waals surface area contributed by atoms with Crippen molar-refractivity contribution in [2.45, 2.75) is 0 Å². The third-order valence-electron chi connectivity index (χ3n) is 5.27. The van der Waals surface area contributed by atoms with E-state index in [1.807, 2.05) is 41.3 Å². The van der Waals surface area contributed by atoms with Gasteiger partial charge in [0.2, 0.25) is 5.91 Å². The Morgan fingerprint density at radius 1 is 0.879 bits per heavy atom. The Bertz CT molecular complexity index is 1130. The van der Waals surface area contributed by atoms with Crippen LogP contribution in [-0.4, -0.2) is 43.1 Å². The lowest BCUT2D eigenvalue weighted by Gasteiger charge is -2.35. The Balaban J connectivity index is 1.31. The monoisotopic (exact) mass is 445 g/mol. The number of para-hydroxylation sites is 1. The molecule has 0 atom stereocenters. The molecule has 0 unspecified atom stereocenters. The lowest BCUT2D eigenvalue weighted by Crippen LogP contribution is -2.49. The average molecular weight is 445 g/mol. The average Bonchev–Trinajstić information content (AvgIpc) is 2.84. The van der Waals surface area contributed by atoms with Crippen molar-refractivity contribution in [2.75, 3.05) is 36.4 Å². The zero-order valence-electron chi connectivity index (χ0n) is 18.0. The fourth-order valence-corrected chi connectivity index (χ4v) is 3.54. The third-order valence-corrected chi connectivity index (χ3v) is 5.27. The summed E-state index contributed by atoms with van der Waals surface area (Å²) < 4.78 is 20.1. The van der Waals surface area contributed by atoms with Gasteiger partial charge in [-0.25, -0.2) is 9.18 Å². The van der Waals surface area contributed by atoms with Crippen LogP contribution in [0.15, 0.2) is 84.9 Å². The van der Waals surface area contributed by atoms with Crippen LogP contribution in [0, 0.1) is 5.82 Å². The first-order chi connectivity index (χ1) is 16.1. The number of nitrogens with zero attached hydrogens (tertiary/aromatic N) is 2. The summed E-state index contributed by atoms with van der Waals surface area (Å²) in [5.41, 5.74) is 1.72. The zero-order valence-corrected chi connectivity index (χ0v) is 18.0. The van der Waals surface area contributed by atoms with Crippen molar-refractivity contribution < 1.29 is 18.7 Å². The van der Waals surface area contributed by atoms with E-state index in [0.29, 0.717) is 43.3 Å². The van der Waals surface area contributed by atoms with E-state index in [0.717, 1.165) is 5.56 Å². The number of carbonyl (C=O) groups excluding carboxylic acids is 2. The standard InChI is InChI=1S/C26H24FN3O3/c27-23-19-21(28-25(31)14-11-20-7-3-1-4-8-20)12-13-24(23)29-15-17-30(18-16-29)26(32)33-22-9-5-2-6-10-22/h1-14,19H,15-18H2,(H,28,31)/b14-11+. The Hall–Kier alpha value is -4.13. The molecule has 3 aromatic rings. The number of piperazine rings is 1. The molecule has 4 rings (SSSR count). The first kappa shape index (κ1) is 22.1. The van der Waals surface area contributed by atoms with Crippen LogP contribution in [0.3, 0.4) is 0 Å². The van der Waals surface area contributed by atoms with Crippen molar-refractivity contribution in [1.82, 2.24) is 4.90 Å². The van der Waals surface area contributed by atoms with Gasteiger partial charge in [0, 0.05) is 37.9 Å². The van der Waals surface area contributed by atoms with Crippen LogP contribution in [0.25, 0.3) is 6.08 Å². The highest BCUT2D eigenvalue weighted by molar-refractivity contribution is 6.02. The van der Waals surface area contributed by atoms with Gasteiger partial charge in [0.25, 0.3) is 0 Å². The van der Waals surface area contributed by atoms with Crippen molar-refractivity contribution >= 4 is 29.5 Å². The Morgan fingerprint density at radius 3 is 2.21 bits per heavy atom. The topological polar surface area (TPSA) is 61.9 Å². The summed E-state index contributed by atoms with van der Waals surface area (Å²) in [5.74, 6) is -0.274. The number of nitrogens with one attached hydrogen (secondary N) is 1. The van der Waals surface area contributed by atoms with Gasteiger partial charge in [-0.1, -0.05) is 48.5 Å². The van der Waals surface area contributed by atoms with Gasteiger partial charge in [-0.05, 0) is 42.0 Å². The number of ether oxygens (including phenoxy) is 1. The number of anilines is 2. The molecule has 1 aliphatic rings. The lowest BCUT2D eigenvalue weighted by molar-refractivity contribution is -0.111. The summed E-state index contributed by atoms with van der Waals surface area (Å²) in [6, 6.07) is 23.0. The Kier molecular flexibility index (Phi) is 6.99. The van der Waals surface area contributed by atoms with Crippen LogP contribution < -0.4 is 15.0 Å². The smallest absolute Gasteiger partial charge is 0.410 e. The number of hydrogen-bond acceptors (Lipinski definition) is 4. The number of benzene rings is 3. The van der Waals surface area contributed by atoms with Gasteiger partial charge in [-0.15, -0.1) is 0 Å². The number of hydrogen-bond donors (Lipinski definition) is 1. The number of amides is 2. The summed E-state index contributed by atoms with van der Waals surface area (Å²) in [6.45, 7) is 1.81. The molecule has 0 bridgehead atoms. The van der Waals surface area contributed by atoms with Crippen LogP contribution in [0.4, 0.5) is 20.6 Å². The number of rotatable bonds is 5. The van der Waals surface area contributed by atoms with Gasteiger partial charge in [0.05, 0.1) is 5.69 Å². The predicted molar refractivity (Wildman–Crippen MR) is 127 cm³/mol. The third kappa shape index (κ3) is 5.98. The maximum atomic E-state index is 14.8. The molecule has 7 heteroatoms. The summed E-state index contributed by atoms with van der Waals surface area (Å²) in [5, 5.41) is 2.67. The largest absolute Gasteiger partial charge is 0.415 e. The van der Waals surface area contributed by atoms with E-state index in [1.165, 1.54) is 12.1 Å². The molecular weight excluding hydrogens is 421 g/mol. The van der Waals surface area contributed by atoms with Crippen molar-refractivity contribution in [2.24, 2.45) is 0 Å². The molecule has 33 heavy (non-hydrogen) atoms. The van der Waals surface area contributed by atoms with E-state index in [-0.39, 0.29) is 5.91 Å². The first-order valence-corrected chi connectivity index (χ1v) is 10.7. The molecule has 1 N–H and O–H groups in total. The summed E-state index contributed by atoms with van der Waals surface area (Å²) in [6.07, 6.45) is 2.69. The van der Waals surface area contributed by atoms with E-state index < -0.39 is 11.9 Å². The second kappa shape index (κ2) is 10.5. The highest BCUT2D eigenvalue weighted by Gasteiger charge is 2.24. The summed E-state index contributed by atoms with van der Waals surface area (Å²) >= 11 is 0. The molecule has 0 radical (unpaired) electrons. The Labute approximate surface area is 191 Å². The molecule has 0 aromatic heterocycles. The van der Waals surface area contributed by atoms with Crippen LogP contribution in [0.1, 0.15) is 5.56 Å². The SMILES string of the molecule is O=C(/C=C/c1ccccc1)Nc1ccc(N2CCN(C(=O)Oc3ccccc3)CC2)c(F)c1. The second-order valence-corrected chi connectivity index (χ2v) is 7.55. The van der Waals surface area contributed by atoms with Gasteiger partial charge in [0.15, 0.2) is 0 Å². The van der Waals surface area contributed by atoms with E-state index in [1.54, 1.807) is 47.4 Å². The molecule has 0 spiro atoms. The van der Waals surface area contributed by atoms with Gasteiger partial charge < -0.3 is 19.9 Å². The number of halogens is 1. The summed E-state index contributed by atoms with van der Waals surface area (Å²) in [7, 11) is 0. The van der Waals surface area contributed by atoms with E-state index >= 15 is 0 Å². The molecule has 1 saturated heterocycles. The normalized spacial score (nSPS) is 13.7. The van der Waals surface area contributed by atoms with Gasteiger partial charge in [0.1, 0.15) is 11.6 Å². The second-order valence-electron chi connectivity index (χ2n) is 7.55. The van der Waals surface area contributed by atoms with Crippen molar-refractivity contribution in [1.29, 1.82) is 0 Å². The van der Waals surface area contributed by atoms with Crippen LogP contribution in [-0.2, 0) is 4.79 Å². The zero-order chi connectivity index (χ0) is 23.0. The molecule has 0 aliphatic carbocycles. The quantitative estimate of drug-likeness (QED) is 0.573. The predicted octanol–water partition coefficient (Wildman–Crippen LogP) is 4.80.